The highest BCUT2D eigenvalue weighted by molar-refractivity contribution is 5.30. The Bertz CT molecular complexity index is 330. The van der Waals surface area contributed by atoms with Gasteiger partial charge in [0.2, 0.25) is 0 Å². The molecule has 0 aliphatic carbocycles. The van der Waals surface area contributed by atoms with E-state index in [-0.39, 0.29) is 11.3 Å². The summed E-state index contributed by atoms with van der Waals surface area (Å²) in [7, 11) is 0. The van der Waals surface area contributed by atoms with Crippen LogP contribution in [0.2, 0.25) is 0 Å². The molecule has 0 saturated heterocycles. The maximum Gasteiger partial charge on any atom is 0.131 e. The first kappa shape index (κ1) is 11.9. The standard InChI is InChI=1S/C11H16FNO2/c1-2-3-10(15)11(13)8-5-4-7(14)6-9(8)12/h4-6,10-11,14-15H,2-3,13H2,1H3/t10-,11+/m1/s1. The third kappa shape index (κ3) is 2.91. The maximum atomic E-state index is 13.4. The largest absolute Gasteiger partial charge is 0.508 e. The third-order valence-electron chi connectivity index (χ3n) is 2.34. The first-order valence-corrected chi connectivity index (χ1v) is 4.98. The predicted molar refractivity (Wildman–Crippen MR) is 55.9 cm³/mol. The minimum absolute atomic E-state index is 0.145. The van der Waals surface area contributed by atoms with E-state index in [2.05, 4.69) is 0 Å². The van der Waals surface area contributed by atoms with Gasteiger partial charge < -0.3 is 15.9 Å². The van der Waals surface area contributed by atoms with Gasteiger partial charge in [-0.3, -0.25) is 0 Å². The number of nitrogens with two attached hydrogens (primary N) is 1. The van der Waals surface area contributed by atoms with Crippen LogP contribution in [0.15, 0.2) is 18.2 Å². The Hall–Kier alpha value is -1.13. The van der Waals surface area contributed by atoms with E-state index in [1.807, 2.05) is 6.92 Å². The van der Waals surface area contributed by atoms with Crippen molar-refractivity contribution in [3.05, 3.63) is 29.6 Å². The molecule has 0 saturated carbocycles. The van der Waals surface area contributed by atoms with E-state index >= 15 is 0 Å². The van der Waals surface area contributed by atoms with Crippen molar-refractivity contribution in [2.45, 2.75) is 31.9 Å². The molecule has 0 heterocycles. The second-order valence-corrected chi connectivity index (χ2v) is 3.59. The van der Waals surface area contributed by atoms with Crippen LogP contribution in [-0.4, -0.2) is 16.3 Å². The Kier molecular flexibility index (Phi) is 4.05. The van der Waals surface area contributed by atoms with Crippen LogP contribution in [0, 0.1) is 5.82 Å². The first-order chi connectivity index (χ1) is 7.06. The number of rotatable bonds is 4. The van der Waals surface area contributed by atoms with Crippen molar-refractivity contribution in [2.24, 2.45) is 5.73 Å². The highest BCUT2D eigenvalue weighted by Gasteiger charge is 2.19. The Labute approximate surface area is 88.4 Å². The van der Waals surface area contributed by atoms with Crippen molar-refractivity contribution in [2.75, 3.05) is 0 Å². The minimum Gasteiger partial charge on any atom is -0.508 e. The molecule has 0 spiro atoms. The molecule has 84 valence electrons. The van der Waals surface area contributed by atoms with Crippen molar-refractivity contribution >= 4 is 0 Å². The molecule has 0 aromatic heterocycles. The van der Waals surface area contributed by atoms with E-state index in [9.17, 15) is 9.50 Å². The average molecular weight is 213 g/mol. The molecule has 1 rings (SSSR count). The fourth-order valence-electron chi connectivity index (χ4n) is 1.47. The van der Waals surface area contributed by atoms with Gasteiger partial charge in [-0.15, -0.1) is 0 Å². The van der Waals surface area contributed by atoms with Gasteiger partial charge in [-0.25, -0.2) is 4.39 Å². The van der Waals surface area contributed by atoms with Crippen LogP contribution < -0.4 is 5.73 Å². The van der Waals surface area contributed by atoms with Crippen LogP contribution in [0.3, 0.4) is 0 Å². The van der Waals surface area contributed by atoms with E-state index < -0.39 is 18.0 Å². The van der Waals surface area contributed by atoms with Crippen LogP contribution in [-0.2, 0) is 0 Å². The lowest BCUT2D eigenvalue weighted by atomic mass is 9.98. The van der Waals surface area contributed by atoms with Crippen molar-refractivity contribution in [1.82, 2.24) is 0 Å². The Morgan fingerprint density at radius 2 is 2.13 bits per heavy atom. The number of aliphatic hydroxyl groups is 1. The molecule has 4 N–H and O–H groups in total. The molecule has 0 aliphatic rings. The predicted octanol–water partition coefficient (Wildman–Crippen LogP) is 1.69. The van der Waals surface area contributed by atoms with Gasteiger partial charge in [0.05, 0.1) is 12.1 Å². The molecule has 0 amide bonds. The molecule has 0 aliphatic heterocycles. The number of phenols is 1. The summed E-state index contributed by atoms with van der Waals surface area (Å²) >= 11 is 0. The van der Waals surface area contributed by atoms with Gasteiger partial charge in [0.15, 0.2) is 0 Å². The summed E-state index contributed by atoms with van der Waals surface area (Å²) in [5, 5.41) is 18.6. The van der Waals surface area contributed by atoms with Gasteiger partial charge in [-0.1, -0.05) is 19.4 Å². The summed E-state index contributed by atoms with van der Waals surface area (Å²) < 4.78 is 13.4. The van der Waals surface area contributed by atoms with Crippen LogP contribution in [0.4, 0.5) is 4.39 Å². The quantitative estimate of drug-likeness (QED) is 0.713. The molecule has 3 nitrogen and oxygen atoms in total. The summed E-state index contributed by atoms with van der Waals surface area (Å²) in [5.41, 5.74) is 5.93. The average Bonchev–Trinajstić information content (AvgIpc) is 2.17. The zero-order valence-electron chi connectivity index (χ0n) is 8.65. The van der Waals surface area contributed by atoms with Gasteiger partial charge in [0, 0.05) is 11.6 Å². The highest BCUT2D eigenvalue weighted by atomic mass is 19.1. The molecule has 1 aromatic carbocycles. The van der Waals surface area contributed by atoms with E-state index in [1.54, 1.807) is 0 Å². The van der Waals surface area contributed by atoms with Gasteiger partial charge in [-0.2, -0.15) is 0 Å². The zero-order chi connectivity index (χ0) is 11.4. The Balaban J connectivity index is 2.86. The topological polar surface area (TPSA) is 66.5 Å². The van der Waals surface area contributed by atoms with Crippen LogP contribution in [0.5, 0.6) is 5.75 Å². The molecular weight excluding hydrogens is 197 g/mol. The van der Waals surface area contributed by atoms with E-state index in [0.29, 0.717) is 6.42 Å². The lowest BCUT2D eigenvalue weighted by Crippen LogP contribution is -2.26. The second-order valence-electron chi connectivity index (χ2n) is 3.59. The van der Waals surface area contributed by atoms with E-state index in [4.69, 9.17) is 10.8 Å². The number of hydrogen-bond acceptors (Lipinski definition) is 3. The van der Waals surface area contributed by atoms with Gasteiger partial charge in [0.1, 0.15) is 11.6 Å². The summed E-state index contributed by atoms with van der Waals surface area (Å²) in [4.78, 5) is 0. The normalized spacial score (nSPS) is 14.9. The smallest absolute Gasteiger partial charge is 0.131 e. The Morgan fingerprint density at radius 3 is 2.67 bits per heavy atom. The highest BCUT2D eigenvalue weighted by Crippen LogP contribution is 2.23. The van der Waals surface area contributed by atoms with Crippen LogP contribution >= 0.6 is 0 Å². The number of aromatic hydroxyl groups is 1. The maximum absolute atomic E-state index is 13.4. The third-order valence-corrected chi connectivity index (χ3v) is 2.34. The van der Waals surface area contributed by atoms with Crippen LogP contribution in [0.1, 0.15) is 31.4 Å². The molecule has 0 unspecified atom stereocenters. The van der Waals surface area contributed by atoms with Gasteiger partial charge in [-0.05, 0) is 12.5 Å². The summed E-state index contributed by atoms with van der Waals surface area (Å²) in [5.74, 6) is -0.730. The number of phenolic OH excluding ortho intramolecular Hbond substituents is 1. The summed E-state index contributed by atoms with van der Waals surface area (Å²) in [6.45, 7) is 1.92. The second kappa shape index (κ2) is 5.09. The van der Waals surface area contributed by atoms with Gasteiger partial charge >= 0.3 is 0 Å². The SMILES string of the molecule is CCC[C@@H](O)[C@@H](N)c1ccc(O)cc1F. The van der Waals surface area contributed by atoms with E-state index in [0.717, 1.165) is 12.5 Å². The number of hydrogen-bond donors (Lipinski definition) is 3. The molecule has 2 atom stereocenters. The number of halogens is 1. The monoisotopic (exact) mass is 213 g/mol. The lowest BCUT2D eigenvalue weighted by Gasteiger charge is -2.19. The van der Waals surface area contributed by atoms with Crippen molar-refractivity contribution in [3.63, 3.8) is 0 Å². The summed E-state index contributed by atoms with van der Waals surface area (Å²) in [6, 6.07) is 3.00. The van der Waals surface area contributed by atoms with Crippen molar-refractivity contribution in [3.8, 4) is 5.75 Å². The minimum atomic E-state index is -0.756. The van der Waals surface area contributed by atoms with E-state index in [1.165, 1.54) is 12.1 Å². The van der Waals surface area contributed by atoms with Crippen molar-refractivity contribution < 1.29 is 14.6 Å². The summed E-state index contributed by atoms with van der Waals surface area (Å²) in [6.07, 6.45) is 0.560. The molecule has 0 radical (unpaired) electrons. The van der Waals surface area contributed by atoms with Crippen molar-refractivity contribution in [1.29, 1.82) is 0 Å². The Morgan fingerprint density at radius 1 is 1.47 bits per heavy atom. The number of aliphatic hydroxyl groups excluding tert-OH is 1. The molecular formula is C11H16FNO2. The first-order valence-electron chi connectivity index (χ1n) is 4.98. The molecule has 15 heavy (non-hydrogen) atoms. The molecule has 1 aromatic rings. The lowest BCUT2D eigenvalue weighted by molar-refractivity contribution is 0.133. The van der Waals surface area contributed by atoms with Gasteiger partial charge in [0.25, 0.3) is 0 Å². The molecule has 0 bridgehead atoms. The fourth-order valence-corrected chi connectivity index (χ4v) is 1.47. The number of benzene rings is 1. The fraction of sp³-hybridized carbons (Fsp3) is 0.455. The molecule has 0 fully saturated rings. The van der Waals surface area contributed by atoms with Crippen LogP contribution in [0.25, 0.3) is 0 Å². The zero-order valence-corrected chi connectivity index (χ0v) is 8.65. The molecule has 4 heteroatoms.